The van der Waals surface area contributed by atoms with Crippen molar-refractivity contribution in [1.29, 1.82) is 0 Å². The van der Waals surface area contributed by atoms with Crippen LogP contribution in [0.1, 0.15) is 23.9 Å². The summed E-state index contributed by atoms with van der Waals surface area (Å²) in [7, 11) is 0. The van der Waals surface area contributed by atoms with Crippen LogP contribution < -0.4 is 10.2 Å². The number of anilines is 1. The Hall–Kier alpha value is -2.43. The van der Waals surface area contributed by atoms with Gasteiger partial charge in [0.1, 0.15) is 5.75 Å². The molecule has 20 heavy (non-hydrogen) atoms. The van der Waals surface area contributed by atoms with Crippen LogP contribution in [0.15, 0.2) is 35.4 Å². The summed E-state index contributed by atoms with van der Waals surface area (Å²) in [5.74, 6) is 1.36. The van der Waals surface area contributed by atoms with Gasteiger partial charge in [0, 0.05) is 11.4 Å². The number of nitrogens with one attached hydrogen (secondary N) is 1. The van der Waals surface area contributed by atoms with Crippen molar-refractivity contribution in [3.05, 3.63) is 47.3 Å². The molecule has 0 unspecified atom stereocenters. The lowest BCUT2D eigenvalue weighted by molar-refractivity contribution is 0.340. The lowest BCUT2D eigenvalue weighted by Crippen LogP contribution is -1.99. The number of nitrogens with zero attached hydrogens (tertiary/aromatic N) is 3. The third-order valence-electron chi connectivity index (χ3n) is 2.55. The Morgan fingerprint density at radius 1 is 1.15 bits per heavy atom. The molecule has 104 valence electrons. The van der Waals surface area contributed by atoms with Gasteiger partial charge >= 0.3 is 0 Å². The SMILES string of the molecule is CCOc1ccc(/C=N/Nc2nc(C)cc(C)n2)cc1. The number of benzene rings is 1. The topological polar surface area (TPSA) is 59.4 Å². The molecule has 0 fully saturated rings. The van der Waals surface area contributed by atoms with Crippen LogP contribution in [0.5, 0.6) is 5.75 Å². The highest BCUT2D eigenvalue weighted by atomic mass is 16.5. The third kappa shape index (κ3) is 4.05. The van der Waals surface area contributed by atoms with E-state index in [0.717, 1.165) is 22.7 Å². The highest BCUT2D eigenvalue weighted by Crippen LogP contribution is 2.11. The van der Waals surface area contributed by atoms with Crippen LogP contribution in [0.3, 0.4) is 0 Å². The average molecular weight is 270 g/mol. The van der Waals surface area contributed by atoms with Crippen molar-refractivity contribution in [1.82, 2.24) is 9.97 Å². The van der Waals surface area contributed by atoms with Crippen molar-refractivity contribution in [3.8, 4) is 5.75 Å². The fourth-order valence-electron chi connectivity index (χ4n) is 1.76. The fourth-order valence-corrected chi connectivity index (χ4v) is 1.76. The Kier molecular flexibility index (Phi) is 4.65. The number of aromatic nitrogens is 2. The molecular weight excluding hydrogens is 252 g/mol. The Bertz CT molecular complexity index is 573. The van der Waals surface area contributed by atoms with Crippen molar-refractivity contribution in [3.63, 3.8) is 0 Å². The van der Waals surface area contributed by atoms with E-state index in [-0.39, 0.29) is 0 Å². The summed E-state index contributed by atoms with van der Waals surface area (Å²) in [6, 6.07) is 9.63. The lowest BCUT2D eigenvalue weighted by Gasteiger charge is -2.03. The molecule has 1 aromatic carbocycles. The summed E-state index contributed by atoms with van der Waals surface area (Å²) >= 11 is 0. The molecule has 2 aromatic rings. The molecule has 1 N–H and O–H groups in total. The number of hydrazone groups is 1. The monoisotopic (exact) mass is 270 g/mol. The maximum atomic E-state index is 5.38. The summed E-state index contributed by atoms with van der Waals surface area (Å²) in [6.07, 6.45) is 1.72. The van der Waals surface area contributed by atoms with Gasteiger partial charge in [-0.3, -0.25) is 0 Å². The van der Waals surface area contributed by atoms with Crippen LogP contribution in [0.2, 0.25) is 0 Å². The Morgan fingerprint density at radius 3 is 2.40 bits per heavy atom. The molecule has 5 heteroatoms. The molecule has 2 rings (SSSR count). The minimum absolute atomic E-state index is 0.504. The van der Waals surface area contributed by atoms with Gasteiger partial charge in [-0.05, 0) is 56.7 Å². The first kappa shape index (κ1) is 14.0. The van der Waals surface area contributed by atoms with Crippen molar-refractivity contribution >= 4 is 12.2 Å². The maximum Gasteiger partial charge on any atom is 0.243 e. The molecule has 0 amide bonds. The first-order chi connectivity index (χ1) is 9.67. The van der Waals surface area contributed by atoms with E-state index in [1.54, 1.807) is 6.21 Å². The Labute approximate surface area is 118 Å². The summed E-state index contributed by atoms with van der Waals surface area (Å²) < 4.78 is 5.38. The minimum Gasteiger partial charge on any atom is -0.494 e. The number of aryl methyl sites for hydroxylation is 2. The van der Waals surface area contributed by atoms with E-state index < -0.39 is 0 Å². The quantitative estimate of drug-likeness (QED) is 0.670. The summed E-state index contributed by atoms with van der Waals surface area (Å²) in [5.41, 5.74) is 5.63. The zero-order valence-corrected chi connectivity index (χ0v) is 11.9. The highest BCUT2D eigenvalue weighted by molar-refractivity contribution is 5.80. The van der Waals surface area contributed by atoms with Gasteiger partial charge in [0.15, 0.2) is 0 Å². The molecule has 0 saturated heterocycles. The Balaban J connectivity index is 1.98. The van der Waals surface area contributed by atoms with Gasteiger partial charge in [-0.25, -0.2) is 15.4 Å². The molecule has 1 heterocycles. The van der Waals surface area contributed by atoms with Crippen LogP contribution in [0, 0.1) is 13.8 Å². The van der Waals surface area contributed by atoms with E-state index in [0.29, 0.717) is 12.6 Å². The molecule has 0 bridgehead atoms. The number of ether oxygens (including phenoxy) is 1. The number of rotatable bonds is 5. The molecule has 0 radical (unpaired) electrons. The van der Waals surface area contributed by atoms with Crippen LogP contribution in [0.25, 0.3) is 0 Å². The van der Waals surface area contributed by atoms with Crippen molar-refractivity contribution in [2.45, 2.75) is 20.8 Å². The predicted octanol–water partition coefficient (Wildman–Crippen LogP) is 2.94. The van der Waals surface area contributed by atoms with Gasteiger partial charge < -0.3 is 4.74 Å². The summed E-state index contributed by atoms with van der Waals surface area (Å²) in [6.45, 7) is 6.48. The van der Waals surface area contributed by atoms with Gasteiger partial charge in [0.2, 0.25) is 5.95 Å². The molecule has 1 aromatic heterocycles. The predicted molar refractivity (Wildman–Crippen MR) is 80.3 cm³/mol. The standard InChI is InChI=1S/C15H18N4O/c1-4-20-14-7-5-13(6-8-14)10-16-19-15-17-11(2)9-12(3)18-15/h5-10H,4H2,1-3H3,(H,17,18,19)/b16-10+. The van der Waals surface area contributed by atoms with Crippen molar-refractivity contribution < 1.29 is 4.74 Å². The molecule has 0 aliphatic carbocycles. The molecule has 0 aliphatic heterocycles. The van der Waals surface area contributed by atoms with Gasteiger partial charge in [0.25, 0.3) is 0 Å². The first-order valence-corrected chi connectivity index (χ1v) is 6.51. The van der Waals surface area contributed by atoms with E-state index in [1.807, 2.05) is 51.1 Å². The zero-order chi connectivity index (χ0) is 14.4. The maximum absolute atomic E-state index is 5.38. The molecule has 0 spiro atoms. The van der Waals surface area contributed by atoms with Gasteiger partial charge in [0.05, 0.1) is 12.8 Å². The Morgan fingerprint density at radius 2 is 1.80 bits per heavy atom. The summed E-state index contributed by atoms with van der Waals surface area (Å²) in [4.78, 5) is 8.50. The lowest BCUT2D eigenvalue weighted by atomic mass is 10.2. The van der Waals surface area contributed by atoms with E-state index in [9.17, 15) is 0 Å². The van der Waals surface area contributed by atoms with Crippen LogP contribution in [-0.4, -0.2) is 22.8 Å². The zero-order valence-electron chi connectivity index (χ0n) is 11.9. The first-order valence-electron chi connectivity index (χ1n) is 6.51. The number of hydrogen-bond acceptors (Lipinski definition) is 5. The smallest absolute Gasteiger partial charge is 0.243 e. The van der Waals surface area contributed by atoms with E-state index in [1.165, 1.54) is 0 Å². The van der Waals surface area contributed by atoms with Crippen molar-refractivity contribution in [2.24, 2.45) is 5.10 Å². The van der Waals surface area contributed by atoms with E-state index in [2.05, 4.69) is 20.5 Å². The second kappa shape index (κ2) is 6.65. The second-order valence-corrected chi connectivity index (χ2v) is 4.35. The van der Waals surface area contributed by atoms with Crippen molar-refractivity contribution in [2.75, 3.05) is 12.0 Å². The van der Waals surface area contributed by atoms with E-state index in [4.69, 9.17) is 4.74 Å². The fraction of sp³-hybridized carbons (Fsp3) is 0.267. The molecule has 0 saturated carbocycles. The molecule has 0 aliphatic rings. The second-order valence-electron chi connectivity index (χ2n) is 4.35. The molecule has 5 nitrogen and oxygen atoms in total. The van der Waals surface area contributed by atoms with E-state index >= 15 is 0 Å². The van der Waals surface area contributed by atoms with Crippen LogP contribution in [-0.2, 0) is 0 Å². The summed E-state index contributed by atoms with van der Waals surface area (Å²) in [5, 5.41) is 4.13. The van der Waals surface area contributed by atoms with Crippen LogP contribution in [0.4, 0.5) is 5.95 Å². The molecular formula is C15H18N4O. The largest absolute Gasteiger partial charge is 0.494 e. The van der Waals surface area contributed by atoms with Gasteiger partial charge in [-0.15, -0.1) is 0 Å². The highest BCUT2D eigenvalue weighted by Gasteiger charge is 1.97. The average Bonchev–Trinajstić information content (AvgIpc) is 2.40. The minimum atomic E-state index is 0.504. The van der Waals surface area contributed by atoms with Crippen LogP contribution >= 0.6 is 0 Å². The third-order valence-corrected chi connectivity index (χ3v) is 2.55. The molecule has 0 atom stereocenters. The normalized spacial score (nSPS) is 10.8. The number of hydrogen-bond donors (Lipinski definition) is 1. The van der Waals surface area contributed by atoms with Gasteiger partial charge in [-0.2, -0.15) is 5.10 Å². The van der Waals surface area contributed by atoms with Gasteiger partial charge in [-0.1, -0.05) is 0 Å².